The molecule has 1 nitrogen and oxygen atoms in total. The number of para-hydroxylation sites is 1. The zero-order valence-electron chi connectivity index (χ0n) is 8.04. The standard InChI is InChI=1S/C13H11N.H4Si/c1-9-5-4-8-12-13(9)10-6-2-3-7-11(10)14-12;/h2-8,14H,1H3;1H4. The van der Waals surface area contributed by atoms with Gasteiger partial charge >= 0.3 is 0 Å². The molecule has 15 heavy (non-hydrogen) atoms. The summed E-state index contributed by atoms with van der Waals surface area (Å²) in [6, 6.07) is 14.8. The lowest BCUT2D eigenvalue weighted by Crippen LogP contribution is -1.72. The predicted molar refractivity (Wildman–Crippen MR) is 71.9 cm³/mol. The van der Waals surface area contributed by atoms with Gasteiger partial charge in [-0.1, -0.05) is 30.3 Å². The zero-order chi connectivity index (χ0) is 9.54. The molecule has 3 rings (SSSR count). The highest BCUT2D eigenvalue weighted by Gasteiger charge is 2.04. The van der Waals surface area contributed by atoms with E-state index in [9.17, 15) is 0 Å². The van der Waals surface area contributed by atoms with Crippen LogP contribution >= 0.6 is 0 Å². The van der Waals surface area contributed by atoms with Crippen molar-refractivity contribution < 1.29 is 0 Å². The monoisotopic (exact) mass is 213 g/mol. The molecule has 0 atom stereocenters. The van der Waals surface area contributed by atoms with E-state index in [1.54, 1.807) is 0 Å². The van der Waals surface area contributed by atoms with E-state index in [1.807, 2.05) is 0 Å². The Morgan fingerprint density at radius 1 is 0.867 bits per heavy atom. The second kappa shape index (κ2) is 3.55. The third-order valence-corrected chi connectivity index (χ3v) is 2.74. The molecule has 76 valence electrons. The summed E-state index contributed by atoms with van der Waals surface area (Å²) in [4.78, 5) is 3.42. The first-order chi connectivity index (χ1) is 6.86. The van der Waals surface area contributed by atoms with E-state index in [0.717, 1.165) is 0 Å². The maximum atomic E-state index is 3.42. The van der Waals surface area contributed by atoms with Gasteiger partial charge in [0.15, 0.2) is 0 Å². The Labute approximate surface area is 93.1 Å². The van der Waals surface area contributed by atoms with Crippen LogP contribution in [-0.2, 0) is 0 Å². The molecule has 1 aromatic heterocycles. The zero-order valence-corrected chi connectivity index (χ0v) is 8.04. The maximum Gasteiger partial charge on any atom is 0.0467 e. The van der Waals surface area contributed by atoms with E-state index in [-0.39, 0.29) is 11.0 Å². The molecule has 0 fully saturated rings. The van der Waals surface area contributed by atoms with Gasteiger partial charge in [-0.25, -0.2) is 0 Å². The van der Waals surface area contributed by atoms with Crippen molar-refractivity contribution in [1.82, 2.24) is 4.98 Å². The molecular weight excluding hydrogens is 198 g/mol. The van der Waals surface area contributed by atoms with Crippen LogP contribution in [0.15, 0.2) is 42.5 Å². The van der Waals surface area contributed by atoms with Gasteiger partial charge in [-0.05, 0) is 35.6 Å². The molecule has 1 N–H and O–H groups in total. The quantitative estimate of drug-likeness (QED) is 0.551. The first-order valence-electron chi connectivity index (χ1n) is 4.82. The largest absolute Gasteiger partial charge is 0.355 e. The molecule has 0 radical (unpaired) electrons. The molecule has 0 aliphatic heterocycles. The fourth-order valence-electron chi connectivity index (χ4n) is 2.08. The summed E-state index contributed by atoms with van der Waals surface area (Å²) in [6.07, 6.45) is 0. The van der Waals surface area contributed by atoms with Crippen molar-refractivity contribution in [2.24, 2.45) is 0 Å². The van der Waals surface area contributed by atoms with Crippen molar-refractivity contribution >= 4 is 32.8 Å². The van der Waals surface area contributed by atoms with Gasteiger partial charge in [-0.15, -0.1) is 0 Å². The summed E-state index contributed by atoms with van der Waals surface area (Å²) in [5, 5.41) is 2.67. The first kappa shape index (κ1) is 9.99. The lowest BCUT2D eigenvalue weighted by molar-refractivity contribution is 1.51. The Bertz CT molecular complexity index is 610. The van der Waals surface area contributed by atoms with E-state index < -0.39 is 0 Å². The van der Waals surface area contributed by atoms with Crippen LogP contribution < -0.4 is 0 Å². The van der Waals surface area contributed by atoms with E-state index in [0.29, 0.717) is 0 Å². The van der Waals surface area contributed by atoms with Crippen LogP contribution in [0.25, 0.3) is 21.8 Å². The lowest BCUT2D eigenvalue weighted by atomic mass is 10.1. The molecule has 1 heterocycles. The molecule has 0 amide bonds. The average Bonchev–Trinajstić information content (AvgIpc) is 2.57. The van der Waals surface area contributed by atoms with Crippen LogP contribution in [0.5, 0.6) is 0 Å². The van der Waals surface area contributed by atoms with Crippen LogP contribution in [0.4, 0.5) is 0 Å². The Morgan fingerprint density at radius 2 is 1.60 bits per heavy atom. The number of aromatic amines is 1. The van der Waals surface area contributed by atoms with Gasteiger partial charge in [0, 0.05) is 21.8 Å². The number of hydrogen-bond acceptors (Lipinski definition) is 0. The predicted octanol–water partition coefficient (Wildman–Crippen LogP) is 2.18. The summed E-state index contributed by atoms with van der Waals surface area (Å²) in [5.74, 6) is 0. The Hall–Kier alpha value is -1.54. The van der Waals surface area contributed by atoms with Gasteiger partial charge in [0.2, 0.25) is 0 Å². The summed E-state index contributed by atoms with van der Waals surface area (Å²) < 4.78 is 0. The molecule has 0 aliphatic carbocycles. The van der Waals surface area contributed by atoms with Crippen LogP contribution in [0, 0.1) is 6.92 Å². The number of nitrogens with one attached hydrogen (secondary N) is 1. The number of hydrogen-bond donors (Lipinski definition) is 1. The van der Waals surface area contributed by atoms with Crippen LogP contribution in [0.2, 0.25) is 0 Å². The lowest BCUT2D eigenvalue weighted by Gasteiger charge is -1.95. The van der Waals surface area contributed by atoms with Gasteiger partial charge in [-0.2, -0.15) is 0 Å². The minimum absolute atomic E-state index is 0. The average molecular weight is 213 g/mol. The molecule has 0 saturated heterocycles. The molecule has 3 aromatic rings. The normalized spacial score (nSPS) is 10.5. The van der Waals surface area contributed by atoms with E-state index in [4.69, 9.17) is 0 Å². The van der Waals surface area contributed by atoms with Gasteiger partial charge in [0.05, 0.1) is 0 Å². The summed E-state index contributed by atoms with van der Waals surface area (Å²) in [6.45, 7) is 2.16. The number of benzene rings is 2. The fourth-order valence-corrected chi connectivity index (χ4v) is 2.08. The maximum absolute atomic E-state index is 3.42. The minimum atomic E-state index is 0. The van der Waals surface area contributed by atoms with E-state index in [1.165, 1.54) is 27.4 Å². The third-order valence-electron chi connectivity index (χ3n) is 2.74. The van der Waals surface area contributed by atoms with Gasteiger partial charge in [0.25, 0.3) is 0 Å². The molecule has 0 spiro atoms. The van der Waals surface area contributed by atoms with Crippen LogP contribution in [-0.4, -0.2) is 15.9 Å². The van der Waals surface area contributed by atoms with Crippen molar-refractivity contribution in [1.29, 1.82) is 0 Å². The van der Waals surface area contributed by atoms with Crippen molar-refractivity contribution in [3.63, 3.8) is 0 Å². The van der Waals surface area contributed by atoms with Crippen molar-refractivity contribution in [2.45, 2.75) is 6.92 Å². The SMILES string of the molecule is Cc1cccc2[nH]c3ccccc3c12.[SiH4]. The Morgan fingerprint density at radius 3 is 2.47 bits per heavy atom. The Balaban J connectivity index is 0.000000853. The topological polar surface area (TPSA) is 15.8 Å². The highest BCUT2D eigenvalue weighted by Crippen LogP contribution is 2.27. The molecule has 0 aliphatic rings. The smallest absolute Gasteiger partial charge is 0.0467 e. The van der Waals surface area contributed by atoms with Crippen LogP contribution in [0.1, 0.15) is 5.56 Å². The third kappa shape index (κ3) is 1.38. The molecule has 2 aromatic carbocycles. The Kier molecular flexibility index (Phi) is 2.37. The van der Waals surface area contributed by atoms with Crippen molar-refractivity contribution in [3.8, 4) is 0 Å². The first-order valence-corrected chi connectivity index (χ1v) is 4.82. The second-order valence-corrected chi connectivity index (χ2v) is 3.67. The number of rotatable bonds is 0. The number of H-pyrrole nitrogens is 1. The summed E-state index contributed by atoms with van der Waals surface area (Å²) in [7, 11) is 0. The number of aromatic nitrogens is 1. The second-order valence-electron chi connectivity index (χ2n) is 3.67. The minimum Gasteiger partial charge on any atom is -0.355 e. The van der Waals surface area contributed by atoms with Crippen molar-refractivity contribution in [3.05, 3.63) is 48.0 Å². The number of aryl methyl sites for hydroxylation is 1. The highest BCUT2D eigenvalue weighted by molar-refractivity contribution is 6.08. The molecule has 0 saturated carbocycles. The highest BCUT2D eigenvalue weighted by atomic mass is 28.1. The fraction of sp³-hybridized carbons (Fsp3) is 0.0769. The van der Waals surface area contributed by atoms with Crippen molar-refractivity contribution in [2.75, 3.05) is 0 Å². The van der Waals surface area contributed by atoms with Gasteiger partial charge in [-0.3, -0.25) is 0 Å². The molecule has 0 bridgehead atoms. The van der Waals surface area contributed by atoms with E-state index in [2.05, 4.69) is 54.4 Å². The van der Waals surface area contributed by atoms with Gasteiger partial charge < -0.3 is 4.98 Å². The summed E-state index contributed by atoms with van der Waals surface area (Å²) in [5.41, 5.74) is 3.78. The van der Waals surface area contributed by atoms with Gasteiger partial charge in [0.1, 0.15) is 0 Å². The molecule has 0 unspecified atom stereocenters. The molecular formula is C13H15NSi. The number of fused-ring (bicyclic) bond motifs is 3. The van der Waals surface area contributed by atoms with E-state index >= 15 is 0 Å². The molecule has 2 heteroatoms. The van der Waals surface area contributed by atoms with Crippen LogP contribution in [0.3, 0.4) is 0 Å². The summed E-state index contributed by atoms with van der Waals surface area (Å²) >= 11 is 0.